The van der Waals surface area contributed by atoms with E-state index in [0.717, 1.165) is 4.68 Å². The molecule has 0 saturated heterocycles. The smallest absolute Gasteiger partial charge is 0.329 e. The number of nitrogens with zero attached hydrogens (tertiary/aromatic N) is 6. The van der Waals surface area contributed by atoms with Gasteiger partial charge in [0.1, 0.15) is 22.7 Å². The SMILES string of the molecule is CC(C)n1cc(C(=O)c2cncc(NC(=O)c3c(C(F)(F)F)nn(C)c3Cl)c2)c2cncnc21. The van der Waals surface area contributed by atoms with Crippen molar-refractivity contribution >= 4 is 40.0 Å². The van der Waals surface area contributed by atoms with Gasteiger partial charge in [0.25, 0.3) is 5.91 Å². The van der Waals surface area contributed by atoms with Crippen molar-refractivity contribution in [2.75, 3.05) is 5.32 Å². The van der Waals surface area contributed by atoms with Crippen LogP contribution in [0.2, 0.25) is 5.15 Å². The molecule has 0 spiro atoms. The van der Waals surface area contributed by atoms with Crippen molar-refractivity contribution < 1.29 is 22.8 Å². The van der Waals surface area contributed by atoms with E-state index < -0.39 is 34.3 Å². The third-order valence-corrected chi connectivity index (χ3v) is 5.46. The molecule has 13 heteroatoms. The van der Waals surface area contributed by atoms with Crippen molar-refractivity contribution in [2.24, 2.45) is 7.05 Å². The maximum absolute atomic E-state index is 13.3. The van der Waals surface area contributed by atoms with Gasteiger partial charge in [-0.3, -0.25) is 19.3 Å². The lowest BCUT2D eigenvalue weighted by molar-refractivity contribution is -0.141. The van der Waals surface area contributed by atoms with Crippen molar-refractivity contribution in [1.82, 2.24) is 29.3 Å². The highest BCUT2D eigenvalue weighted by Crippen LogP contribution is 2.34. The summed E-state index contributed by atoms with van der Waals surface area (Å²) in [5.41, 5.74) is -1.23. The van der Waals surface area contributed by atoms with E-state index in [-0.39, 0.29) is 17.3 Å². The molecule has 0 atom stereocenters. The second kappa shape index (κ2) is 8.52. The summed E-state index contributed by atoms with van der Waals surface area (Å²) in [7, 11) is 1.19. The third kappa shape index (κ3) is 4.12. The average molecular weight is 492 g/mol. The molecule has 176 valence electrons. The monoisotopic (exact) mass is 491 g/mol. The van der Waals surface area contributed by atoms with Crippen LogP contribution in [-0.4, -0.2) is 41.0 Å². The molecule has 0 saturated carbocycles. The minimum absolute atomic E-state index is 0.00717. The fourth-order valence-corrected chi connectivity index (χ4v) is 3.66. The zero-order chi connectivity index (χ0) is 24.8. The molecular formula is C21H17ClF3N7O2. The highest BCUT2D eigenvalue weighted by atomic mass is 35.5. The predicted molar refractivity (Wildman–Crippen MR) is 117 cm³/mol. The van der Waals surface area contributed by atoms with Gasteiger partial charge in [-0.15, -0.1) is 0 Å². The minimum Gasteiger partial charge on any atom is -0.329 e. The Bertz CT molecular complexity index is 1430. The molecule has 1 N–H and O–H groups in total. The standard InChI is InChI=1S/C21H17ClF3N7O2/c1-10(2)32-8-14(13-7-27-9-28-19(13)32)16(33)11-4-12(6-26-5-11)29-20(34)15-17(21(23,24)25)30-31(3)18(15)22/h4-10H,1-3H3,(H,29,34). The second-order valence-electron chi connectivity index (χ2n) is 7.69. The molecule has 0 aliphatic rings. The Labute approximate surface area is 195 Å². The number of rotatable bonds is 5. The van der Waals surface area contributed by atoms with Gasteiger partial charge in [0, 0.05) is 42.6 Å². The molecule has 0 radical (unpaired) electrons. The largest absolute Gasteiger partial charge is 0.436 e. The third-order valence-electron chi connectivity index (χ3n) is 5.03. The maximum atomic E-state index is 13.3. The van der Waals surface area contributed by atoms with Crippen molar-refractivity contribution in [1.29, 1.82) is 0 Å². The van der Waals surface area contributed by atoms with Crippen LogP contribution in [0.25, 0.3) is 11.0 Å². The number of alkyl halides is 3. The maximum Gasteiger partial charge on any atom is 0.436 e. The van der Waals surface area contributed by atoms with E-state index in [1.807, 2.05) is 18.4 Å². The summed E-state index contributed by atoms with van der Waals surface area (Å²) in [6.45, 7) is 3.87. The first-order valence-corrected chi connectivity index (χ1v) is 10.3. The van der Waals surface area contributed by atoms with Crippen molar-refractivity contribution in [3.63, 3.8) is 0 Å². The van der Waals surface area contributed by atoms with Crippen LogP contribution in [0.5, 0.6) is 0 Å². The molecule has 0 aliphatic heterocycles. The Morgan fingerprint density at radius 3 is 2.56 bits per heavy atom. The first-order valence-electron chi connectivity index (χ1n) is 9.90. The number of pyridine rings is 1. The first kappa shape index (κ1) is 23.4. The van der Waals surface area contributed by atoms with Gasteiger partial charge < -0.3 is 9.88 Å². The van der Waals surface area contributed by atoms with Crippen LogP contribution in [0.3, 0.4) is 0 Å². The molecular weight excluding hydrogens is 475 g/mol. The summed E-state index contributed by atoms with van der Waals surface area (Å²) in [4.78, 5) is 38.1. The Kier molecular flexibility index (Phi) is 5.86. The first-order chi connectivity index (χ1) is 16.0. The van der Waals surface area contributed by atoms with Gasteiger partial charge in [0.15, 0.2) is 11.5 Å². The molecule has 34 heavy (non-hydrogen) atoms. The van der Waals surface area contributed by atoms with E-state index in [2.05, 4.69) is 25.4 Å². The zero-order valence-electron chi connectivity index (χ0n) is 18.1. The molecule has 0 aliphatic carbocycles. The fourth-order valence-electron chi connectivity index (χ4n) is 3.45. The number of nitrogens with one attached hydrogen (secondary N) is 1. The van der Waals surface area contributed by atoms with Crippen LogP contribution in [-0.2, 0) is 13.2 Å². The summed E-state index contributed by atoms with van der Waals surface area (Å²) in [6, 6.07) is 1.34. The predicted octanol–water partition coefficient (Wildman–Crippen LogP) is 4.30. The average Bonchev–Trinajstić information content (AvgIpc) is 3.31. The zero-order valence-corrected chi connectivity index (χ0v) is 18.8. The van der Waals surface area contributed by atoms with E-state index >= 15 is 0 Å². The summed E-state index contributed by atoms with van der Waals surface area (Å²) in [5, 5.41) is 5.66. The van der Waals surface area contributed by atoms with E-state index in [9.17, 15) is 22.8 Å². The van der Waals surface area contributed by atoms with Gasteiger partial charge in [-0.05, 0) is 19.9 Å². The Morgan fingerprint density at radius 1 is 1.15 bits per heavy atom. The number of anilines is 1. The number of hydrogen-bond donors (Lipinski definition) is 1. The number of ketones is 1. The van der Waals surface area contributed by atoms with Crippen molar-refractivity contribution in [3.05, 3.63) is 64.7 Å². The van der Waals surface area contributed by atoms with E-state index in [1.54, 1.807) is 6.20 Å². The fraction of sp³-hybridized carbons (Fsp3) is 0.238. The lowest BCUT2D eigenvalue weighted by atomic mass is 10.1. The molecule has 0 bridgehead atoms. The number of aromatic nitrogens is 6. The van der Waals surface area contributed by atoms with Gasteiger partial charge >= 0.3 is 6.18 Å². The normalized spacial score (nSPS) is 11.9. The molecule has 0 unspecified atom stereocenters. The molecule has 4 rings (SSSR count). The molecule has 4 aromatic rings. The van der Waals surface area contributed by atoms with Crippen LogP contribution in [0.1, 0.15) is 51.9 Å². The van der Waals surface area contributed by atoms with Gasteiger partial charge in [-0.25, -0.2) is 9.97 Å². The van der Waals surface area contributed by atoms with Gasteiger partial charge in [0.05, 0.1) is 17.4 Å². The van der Waals surface area contributed by atoms with Crippen LogP contribution >= 0.6 is 11.6 Å². The number of halogens is 4. The van der Waals surface area contributed by atoms with Crippen LogP contribution < -0.4 is 5.32 Å². The van der Waals surface area contributed by atoms with Crippen LogP contribution in [0.4, 0.5) is 18.9 Å². The van der Waals surface area contributed by atoms with E-state index in [0.29, 0.717) is 16.6 Å². The van der Waals surface area contributed by atoms with Crippen molar-refractivity contribution in [3.8, 4) is 0 Å². The number of aryl methyl sites for hydroxylation is 1. The topological polar surface area (TPSA) is 108 Å². The highest BCUT2D eigenvalue weighted by Gasteiger charge is 2.41. The molecule has 1 amide bonds. The Balaban J connectivity index is 1.68. The summed E-state index contributed by atoms with van der Waals surface area (Å²) in [5.74, 6) is -1.56. The summed E-state index contributed by atoms with van der Waals surface area (Å²) < 4.78 is 42.5. The minimum atomic E-state index is -4.89. The van der Waals surface area contributed by atoms with Gasteiger partial charge in [-0.2, -0.15) is 18.3 Å². The van der Waals surface area contributed by atoms with E-state index in [1.165, 1.54) is 38.0 Å². The number of amides is 1. The Hall–Kier alpha value is -3.80. The quantitative estimate of drug-likeness (QED) is 0.417. The lowest BCUT2D eigenvalue weighted by Gasteiger charge is -2.09. The number of hydrogen-bond acceptors (Lipinski definition) is 6. The summed E-state index contributed by atoms with van der Waals surface area (Å²) >= 11 is 5.88. The van der Waals surface area contributed by atoms with Gasteiger partial charge in [-0.1, -0.05) is 11.6 Å². The molecule has 9 nitrogen and oxygen atoms in total. The lowest BCUT2D eigenvalue weighted by Crippen LogP contribution is -2.18. The molecule has 4 heterocycles. The number of fused-ring (bicyclic) bond motifs is 1. The molecule has 0 fully saturated rings. The van der Waals surface area contributed by atoms with E-state index in [4.69, 9.17) is 11.6 Å². The number of carbonyl (C=O) groups is 2. The molecule has 4 aromatic heterocycles. The number of carbonyl (C=O) groups excluding carboxylic acids is 2. The van der Waals surface area contributed by atoms with Crippen molar-refractivity contribution in [2.45, 2.75) is 26.1 Å². The Morgan fingerprint density at radius 2 is 1.88 bits per heavy atom. The van der Waals surface area contributed by atoms with Gasteiger partial charge in [0.2, 0.25) is 0 Å². The highest BCUT2D eigenvalue weighted by molar-refractivity contribution is 6.33. The molecule has 0 aromatic carbocycles. The summed E-state index contributed by atoms with van der Waals surface area (Å²) in [6.07, 6.45) is 2.16. The second-order valence-corrected chi connectivity index (χ2v) is 8.04. The van der Waals surface area contributed by atoms with Crippen LogP contribution in [0.15, 0.2) is 37.2 Å². The van der Waals surface area contributed by atoms with Crippen LogP contribution in [0, 0.1) is 0 Å².